The lowest BCUT2D eigenvalue weighted by atomic mass is 9.82. The number of phenols is 1. The van der Waals surface area contributed by atoms with Crippen LogP contribution < -0.4 is 4.74 Å². The second-order valence-electron chi connectivity index (χ2n) is 7.16. The van der Waals surface area contributed by atoms with E-state index in [1.165, 1.54) is 13.3 Å². The molecule has 1 aliphatic heterocycles. The van der Waals surface area contributed by atoms with Crippen molar-refractivity contribution in [3.63, 3.8) is 0 Å². The summed E-state index contributed by atoms with van der Waals surface area (Å²) in [6, 6.07) is 16.6. The number of ether oxygens (including phenoxy) is 1. The summed E-state index contributed by atoms with van der Waals surface area (Å²) in [7, 11) is 0. The maximum absolute atomic E-state index is 12.6. The maximum atomic E-state index is 12.6. The average molecular weight is 398 g/mol. The molecule has 2 aromatic carbocycles. The molecule has 4 aromatic rings. The van der Waals surface area contributed by atoms with Crippen molar-refractivity contribution in [1.29, 1.82) is 0 Å². The van der Waals surface area contributed by atoms with E-state index < -0.39 is 0 Å². The van der Waals surface area contributed by atoms with Crippen LogP contribution in [0.2, 0.25) is 0 Å². The fourth-order valence-corrected chi connectivity index (χ4v) is 3.95. The molecule has 0 saturated heterocycles. The van der Waals surface area contributed by atoms with Crippen LogP contribution in [0.15, 0.2) is 72.3 Å². The van der Waals surface area contributed by atoms with Gasteiger partial charge in [-0.15, -0.1) is 5.10 Å². The second kappa shape index (κ2) is 6.81. The van der Waals surface area contributed by atoms with E-state index >= 15 is 0 Å². The van der Waals surface area contributed by atoms with Gasteiger partial charge in [0.05, 0.1) is 11.1 Å². The molecular weight excluding hydrogens is 380 g/mol. The van der Waals surface area contributed by atoms with Crippen LogP contribution in [0.5, 0.6) is 11.6 Å². The number of para-hydroxylation sites is 1. The molecular formula is C23H18N4O3. The van der Waals surface area contributed by atoms with Gasteiger partial charge < -0.3 is 9.84 Å². The zero-order chi connectivity index (χ0) is 20.8. The summed E-state index contributed by atoms with van der Waals surface area (Å²) in [6.45, 7) is 3.31. The minimum Gasteiger partial charge on any atom is -0.507 e. The number of hydrogen-bond acceptors (Lipinski definition) is 6. The molecule has 0 bridgehead atoms. The zero-order valence-corrected chi connectivity index (χ0v) is 16.4. The Morgan fingerprint density at radius 2 is 1.83 bits per heavy atom. The molecule has 5 rings (SSSR count). The van der Waals surface area contributed by atoms with Gasteiger partial charge in [-0.05, 0) is 31.5 Å². The first-order valence-corrected chi connectivity index (χ1v) is 9.52. The second-order valence-corrected chi connectivity index (χ2v) is 7.16. The maximum Gasteiger partial charge on any atom is 0.228 e. The first-order chi connectivity index (χ1) is 14.5. The number of allylic oxidation sites excluding steroid dienone is 2. The fourth-order valence-electron chi connectivity index (χ4n) is 3.95. The SMILES string of the molecule is CC(=O)C1=C(C)Oc2ncn3nc(-c4ccccc4O)nc3c2[C@H]1c1ccccc1. The van der Waals surface area contributed by atoms with Crippen LogP contribution in [-0.4, -0.2) is 30.5 Å². The molecule has 0 fully saturated rings. The molecule has 1 atom stereocenters. The van der Waals surface area contributed by atoms with E-state index in [1.807, 2.05) is 36.4 Å². The third-order valence-corrected chi connectivity index (χ3v) is 5.25. The standard InChI is InChI=1S/C23H18N4O3/c1-13(28)18-14(2)30-23-20(19(18)15-8-4-3-5-9-15)22-25-21(26-27(22)12-24-23)16-10-6-7-11-17(16)29/h3-12,19,29H,1-2H3/t19-/m0/s1. The third-order valence-electron chi connectivity index (χ3n) is 5.25. The van der Waals surface area contributed by atoms with Crippen LogP contribution in [0.3, 0.4) is 0 Å². The van der Waals surface area contributed by atoms with Crippen molar-refractivity contribution in [2.45, 2.75) is 19.8 Å². The summed E-state index contributed by atoms with van der Waals surface area (Å²) >= 11 is 0. The average Bonchev–Trinajstić information content (AvgIpc) is 3.17. The number of rotatable bonds is 3. The molecule has 1 aliphatic rings. The molecule has 0 unspecified atom stereocenters. The van der Waals surface area contributed by atoms with Gasteiger partial charge in [0, 0.05) is 11.5 Å². The topological polar surface area (TPSA) is 89.6 Å². The predicted molar refractivity (Wildman–Crippen MR) is 110 cm³/mol. The number of Topliss-reactive ketones (excluding diaryl/α,β-unsaturated/α-hetero) is 1. The van der Waals surface area contributed by atoms with Gasteiger partial charge in [-0.1, -0.05) is 42.5 Å². The van der Waals surface area contributed by atoms with Gasteiger partial charge in [-0.2, -0.15) is 0 Å². The van der Waals surface area contributed by atoms with Gasteiger partial charge in [0.25, 0.3) is 0 Å². The highest BCUT2D eigenvalue weighted by Crippen LogP contribution is 2.44. The van der Waals surface area contributed by atoms with Gasteiger partial charge in [0.15, 0.2) is 17.3 Å². The fraction of sp³-hybridized carbons (Fsp3) is 0.130. The van der Waals surface area contributed by atoms with Crippen molar-refractivity contribution >= 4 is 11.4 Å². The quantitative estimate of drug-likeness (QED) is 0.563. The number of fused-ring (bicyclic) bond motifs is 3. The van der Waals surface area contributed by atoms with Crippen molar-refractivity contribution in [1.82, 2.24) is 19.6 Å². The van der Waals surface area contributed by atoms with Gasteiger partial charge >= 0.3 is 0 Å². The van der Waals surface area contributed by atoms with E-state index in [1.54, 1.807) is 29.6 Å². The first-order valence-electron chi connectivity index (χ1n) is 9.52. The number of phenolic OH excluding ortho intramolecular Hbond substituents is 1. The summed E-state index contributed by atoms with van der Waals surface area (Å²) in [5.41, 5.74) is 3.22. The Hall–Kier alpha value is -4.00. The number of benzene rings is 2. The Bertz CT molecular complexity index is 1330. The van der Waals surface area contributed by atoms with E-state index in [4.69, 9.17) is 4.74 Å². The van der Waals surface area contributed by atoms with Crippen molar-refractivity contribution in [3.05, 3.63) is 83.4 Å². The Labute approximate surface area is 172 Å². The highest BCUT2D eigenvalue weighted by molar-refractivity contribution is 5.97. The number of aromatic nitrogens is 4. The number of aromatic hydroxyl groups is 1. The summed E-state index contributed by atoms with van der Waals surface area (Å²) in [4.78, 5) is 21.7. The van der Waals surface area contributed by atoms with Crippen LogP contribution in [0.1, 0.15) is 30.9 Å². The minimum absolute atomic E-state index is 0.0746. The third kappa shape index (κ3) is 2.75. The smallest absolute Gasteiger partial charge is 0.228 e. The Balaban J connectivity index is 1.79. The highest BCUT2D eigenvalue weighted by Gasteiger charge is 2.35. The van der Waals surface area contributed by atoms with Gasteiger partial charge in [0.1, 0.15) is 17.8 Å². The number of carbonyl (C=O) groups excluding carboxylic acids is 1. The lowest BCUT2D eigenvalue weighted by molar-refractivity contribution is -0.114. The highest BCUT2D eigenvalue weighted by atomic mass is 16.5. The van der Waals surface area contributed by atoms with Crippen LogP contribution in [0.4, 0.5) is 0 Å². The Morgan fingerprint density at radius 3 is 2.57 bits per heavy atom. The molecule has 30 heavy (non-hydrogen) atoms. The molecule has 148 valence electrons. The minimum atomic E-state index is -0.384. The molecule has 0 saturated carbocycles. The van der Waals surface area contributed by atoms with Gasteiger partial charge in [-0.25, -0.2) is 14.5 Å². The van der Waals surface area contributed by atoms with E-state index in [2.05, 4.69) is 15.1 Å². The summed E-state index contributed by atoms with van der Waals surface area (Å²) in [6.07, 6.45) is 1.53. The van der Waals surface area contributed by atoms with Crippen LogP contribution in [0.25, 0.3) is 17.0 Å². The molecule has 0 amide bonds. The molecule has 2 aromatic heterocycles. The number of nitrogens with zero attached hydrogens (tertiary/aromatic N) is 4. The van der Waals surface area contributed by atoms with Crippen LogP contribution in [0, 0.1) is 0 Å². The Morgan fingerprint density at radius 1 is 1.10 bits per heavy atom. The number of ketones is 1. The molecule has 0 spiro atoms. The first kappa shape index (κ1) is 18.1. The van der Waals surface area contributed by atoms with Crippen molar-refractivity contribution in [2.24, 2.45) is 0 Å². The van der Waals surface area contributed by atoms with Crippen molar-refractivity contribution in [3.8, 4) is 23.0 Å². The van der Waals surface area contributed by atoms with Crippen molar-refractivity contribution in [2.75, 3.05) is 0 Å². The summed E-state index contributed by atoms with van der Waals surface area (Å²) in [5.74, 6) is 0.924. The number of hydrogen-bond donors (Lipinski definition) is 1. The predicted octanol–water partition coefficient (Wildman–Crippen LogP) is 3.88. The monoisotopic (exact) mass is 398 g/mol. The van der Waals surface area contributed by atoms with Crippen molar-refractivity contribution < 1.29 is 14.6 Å². The zero-order valence-electron chi connectivity index (χ0n) is 16.4. The van der Waals surface area contributed by atoms with E-state index in [-0.39, 0.29) is 17.5 Å². The molecule has 7 heteroatoms. The van der Waals surface area contributed by atoms with E-state index in [9.17, 15) is 9.90 Å². The van der Waals surface area contributed by atoms with Crippen LogP contribution in [-0.2, 0) is 4.79 Å². The van der Waals surface area contributed by atoms with E-state index in [0.29, 0.717) is 39.8 Å². The van der Waals surface area contributed by atoms with Gasteiger partial charge in [-0.3, -0.25) is 4.79 Å². The normalized spacial score (nSPS) is 15.7. The molecule has 1 N–H and O–H groups in total. The molecule has 7 nitrogen and oxygen atoms in total. The molecule has 0 aliphatic carbocycles. The van der Waals surface area contributed by atoms with E-state index in [0.717, 1.165) is 5.56 Å². The number of carbonyl (C=O) groups is 1. The largest absolute Gasteiger partial charge is 0.507 e. The van der Waals surface area contributed by atoms with Crippen LogP contribution >= 0.6 is 0 Å². The van der Waals surface area contributed by atoms with Gasteiger partial charge in [0.2, 0.25) is 5.88 Å². The lowest BCUT2D eigenvalue weighted by Crippen LogP contribution is -2.22. The summed E-state index contributed by atoms with van der Waals surface area (Å²) < 4.78 is 7.48. The summed E-state index contributed by atoms with van der Waals surface area (Å²) in [5, 5.41) is 14.7. The lowest BCUT2D eigenvalue weighted by Gasteiger charge is -2.28. The molecule has 0 radical (unpaired) electrons. The Kier molecular flexibility index (Phi) is 4.10. The molecule has 3 heterocycles.